The van der Waals surface area contributed by atoms with Gasteiger partial charge in [0.15, 0.2) is 0 Å². The zero-order valence-corrected chi connectivity index (χ0v) is 27.8. The van der Waals surface area contributed by atoms with Crippen molar-refractivity contribution >= 4 is 23.4 Å². The summed E-state index contributed by atoms with van der Waals surface area (Å²) in [6.45, 7) is 6.65. The third kappa shape index (κ3) is 5.01. The van der Waals surface area contributed by atoms with E-state index in [1.807, 2.05) is 124 Å². The topological polar surface area (TPSA) is 90.4 Å². The highest BCUT2D eigenvalue weighted by Crippen LogP contribution is 2.59. The van der Waals surface area contributed by atoms with Crippen molar-refractivity contribution in [3.05, 3.63) is 125 Å². The number of anilines is 1. The van der Waals surface area contributed by atoms with Crippen molar-refractivity contribution in [3.63, 3.8) is 0 Å². The van der Waals surface area contributed by atoms with Gasteiger partial charge in [0.25, 0.3) is 5.91 Å². The van der Waals surface area contributed by atoms with E-state index in [9.17, 15) is 9.90 Å². The number of likely N-dealkylation sites (tertiary alicyclic amines) is 1. The quantitative estimate of drug-likeness (QED) is 0.357. The minimum Gasteiger partial charge on any atom is -0.394 e. The number of hydrogen-bond acceptors (Lipinski definition) is 5. The van der Waals surface area contributed by atoms with E-state index in [1.54, 1.807) is 14.7 Å². The van der Waals surface area contributed by atoms with Crippen molar-refractivity contribution in [1.82, 2.24) is 9.80 Å². The maximum atomic E-state index is 15.2. The van der Waals surface area contributed by atoms with E-state index < -0.39 is 35.1 Å². The first-order valence-electron chi connectivity index (χ1n) is 17.0. The number of rotatable bonds is 8. The zero-order valence-electron chi connectivity index (χ0n) is 27.8. The van der Waals surface area contributed by atoms with Gasteiger partial charge < -0.3 is 24.5 Å². The number of aliphatic hydroxyl groups excluding tert-OH is 1. The Kier molecular flexibility index (Phi) is 8.34. The van der Waals surface area contributed by atoms with Crippen LogP contribution in [0.15, 0.2) is 103 Å². The Hall–Kier alpha value is -4.53. The lowest BCUT2D eigenvalue weighted by atomic mass is 9.73. The summed E-state index contributed by atoms with van der Waals surface area (Å²) in [7, 11) is 0. The molecule has 48 heavy (non-hydrogen) atoms. The van der Waals surface area contributed by atoms with E-state index in [0.717, 1.165) is 27.9 Å². The number of fused-ring (bicyclic) bond motifs is 2. The van der Waals surface area contributed by atoms with Gasteiger partial charge in [-0.2, -0.15) is 0 Å². The van der Waals surface area contributed by atoms with Gasteiger partial charge in [-0.3, -0.25) is 14.4 Å². The minimum atomic E-state index is -1.42. The Labute approximate surface area is 282 Å². The predicted octanol–water partition coefficient (Wildman–Crippen LogP) is 4.77. The first-order valence-corrected chi connectivity index (χ1v) is 17.0. The molecule has 0 bridgehead atoms. The highest BCUT2D eigenvalue weighted by atomic mass is 16.5. The lowest BCUT2D eigenvalue weighted by molar-refractivity contribution is -0.152. The standard InChI is InChI=1S/C40H43N3O5/c1-4-39-20-12-22-41(25-30-18-9-6-10-19-30)36(45)32(39)33-37(46)43(31(26-44)24-29-16-7-5-8-17-29)35-38(47)42(23-13-21-40(33,35)48-39)34-27(2)14-11-15-28(34)3/h5-21,31-33,35,44H,4,22-26H2,1-3H3/t31-,32-,33+,35?,39+,40+/m1/s1. The maximum Gasteiger partial charge on any atom is 0.253 e. The number of hydrogen-bond donors (Lipinski definition) is 1. The van der Waals surface area contributed by atoms with E-state index in [2.05, 4.69) is 0 Å². The zero-order chi connectivity index (χ0) is 33.6. The van der Waals surface area contributed by atoms with Crippen LogP contribution in [0.2, 0.25) is 0 Å². The molecule has 1 unspecified atom stereocenters. The van der Waals surface area contributed by atoms with Gasteiger partial charge in [0.1, 0.15) is 11.6 Å². The molecule has 2 fully saturated rings. The second kappa shape index (κ2) is 12.5. The number of ether oxygens (including phenoxy) is 1. The lowest BCUT2D eigenvalue weighted by Crippen LogP contribution is -2.59. The molecule has 3 aromatic rings. The molecule has 0 aliphatic carbocycles. The van der Waals surface area contributed by atoms with Crippen LogP contribution in [0.4, 0.5) is 5.69 Å². The number of amides is 3. The molecule has 0 saturated carbocycles. The van der Waals surface area contributed by atoms with Crippen LogP contribution in [0, 0.1) is 25.7 Å². The summed E-state index contributed by atoms with van der Waals surface area (Å²) in [5, 5.41) is 10.9. The fourth-order valence-electron chi connectivity index (χ4n) is 8.66. The molecular weight excluding hydrogens is 602 g/mol. The van der Waals surface area contributed by atoms with E-state index in [1.165, 1.54) is 0 Å². The summed E-state index contributed by atoms with van der Waals surface area (Å²) < 4.78 is 7.19. The predicted molar refractivity (Wildman–Crippen MR) is 184 cm³/mol. The van der Waals surface area contributed by atoms with Gasteiger partial charge in [-0.15, -0.1) is 0 Å². The van der Waals surface area contributed by atoms with Gasteiger partial charge in [-0.05, 0) is 48.9 Å². The Morgan fingerprint density at radius 3 is 2.08 bits per heavy atom. The van der Waals surface area contributed by atoms with Gasteiger partial charge in [-0.25, -0.2) is 0 Å². The molecule has 4 aliphatic heterocycles. The van der Waals surface area contributed by atoms with Crippen LogP contribution < -0.4 is 4.90 Å². The molecule has 2 saturated heterocycles. The summed E-state index contributed by atoms with van der Waals surface area (Å²) in [6.07, 6.45) is 8.53. The summed E-state index contributed by atoms with van der Waals surface area (Å²) in [5.41, 5.74) is 2.11. The average molecular weight is 646 g/mol. The van der Waals surface area contributed by atoms with Crippen LogP contribution in [0.3, 0.4) is 0 Å². The van der Waals surface area contributed by atoms with Gasteiger partial charge in [0, 0.05) is 25.3 Å². The Morgan fingerprint density at radius 2 is 1.44 bits per heavy atom. The summed E-state index contributed by atoms with van der Waals surface area (Å²) in [6, 6.07) is 23.6. The van der Waals surface area contributed by atoms with Gasteiger partial charge in [0.2, 0.25) is 11.8 Å². The molecule has 4 aliphatic rings. The highest BCUT2D eigenvalue weighted by molar-refractivity contribution is 6.06. The Bertz CT molecular complexity index is 1750. The number of nitrogens with zero attached hydrogens (tertiary/aromatic N) is 3. The molecule has 3 amide bonds. The average Bonchev–Trinajstić information content (AvgIpc) is 3.40. The molecule has 1 spiro atoms. The van der Waals surface area contributed by atoms with Crippen molar-refractivity contribution in [2.45, 2.75) is 63.4 Å². The van der Waals surface area contributed by atoms with Crippen LogP contribution in [0.1, 0.15) is 35.6 Å². The van der Waals surface area contributed by atoms with Crippen molar-refractivity contribution in [3.8, 4) is 0 Å². The molecule has 7 rings (SSSR count). The second-order valence-corrected chi connectivity index (χ2v) is 13.6. The van der Waals surface area contributed by atoms with Crippen LogP contribution in [-0.2, 0) is 32.1 Å². The van der Waals surface area contributed by atoms with Gasteiger partial charge in [-0.1, -0.05) is 110 Å². The van der Waals surface area contributed by atoms with Crippen molar-refractivity contribution in [1.29, 1.82) is 0 Å². The highest BCUT2D eigenvalue weighted by Gasteiger charge is 2.76. The second-order valence-electron chi connectivity index (χ2n) is 13.6. The molecule has 1 N–H and O–H groups in total. The first-order chi connectivity index (χ1) is 23.2. The summed E-state index contributed by atoms with van der Waals surface area (Å²) >= 11 is 0. The number of carbonyl (C=O) groups is 3. The third-order valence-corrected chi connectivity index (χ3v) is 10.8. The normalized spacial score (nSPS) is 28.6. The molecule has 8 nitrogen and oxygen atoms in total. The van der Waals surface area contributed by atoms with Crippen LogP contribution >= 0.6 is 0 Å². The Morgan fingerprint density at radius 1 is 0.792 bits per heavy atom. The summed E-state index contributed by atoms with van der Waals surface area (Å²) in [4.78, 5) is 50.2. The smallest absolute Gasteiger partial charge is 0.253 e. The van der Waals surface area contributed by atoms with Crippen LogP contribution in [-0.4, -0.2) is 75.6 Å². The van der Waals surface area contributed by atoms with Crippen molar-refractivity contribution < 1.29 is 24.2 Å². The first kappa shape index (κ1) is 32.0. The fraction of sp³-hybridized carbons (Fsp3) is 0.375. The number of carbonyl (C=O) groups excluding carboxylic acids is 3. The van der Waals surface area contributed by atoms with Gasteiger partial charge in [0.05, 0.1) is 30.1 Å². The number of para-hydroxylation sites is 1. The van der Waals surface area contributed by atoms with E-state index in [0.29, 0.717) is 25.9 Å². The van der Waals surface area contributed by atoms with Crippen molar-refractivity contribution in [2.75, 3.05) is 24.6 Å². The molecular formula is C40H43N3O5. The van der Waals surface area contributed by atoms with E-state index >= 15 is 9.59 Å². The fourth-order valence-corrected chi connectivity index (χ4v) is 8.66. The number of aryl methyl sites for hydroxylation is 2. The monoisotopic (exact) mass is 645 g/mol. The molecule has 0 aromatic heterocycles. The largest absolute Gasteiger partial charge is 0.394 e. The summed E-state index contributed by atoms with van der Waals surface area (Å²) in [5.74, 6) is -2.59. The third-order valence-electron chi connectivity index (χ3n) is 10.8. The van der Waals surface area contributed by atoms with Crippen LogP contribution in [0.5, 0.6) is 0 Å². The molecule has 248 valence electrons. The molecule has 3 aromatic carbocycles. The SMILES string of the molecule is CC[C@]12C=CCN(Cc3ccccc3)C(=O)[C@H]1[C@H]1C(=O)N([C@@H](CO)Cc3ccccc3)C3C(=O)N(c4c(C)cccc4C)CC=C[C@@]31O2. The lowest BCUT2D eigenvalue weighted by Gasteiger charge is -2.41. The molecule has 6 atom stereocenters. The molecule has 4 heterocycles. The minimum absolute atomic E-state index is 0.165. The Balaban J connectivity index is 1.37. The number of benzene rings is 3. The van der Waals surface area contributed by atoms with E-state index in [4.69, 9.17) is 4.74 Å². The number of aliphatic hydroxyl groups is 1. The molecule has 0 radical (unpaired) electrons. The van der Waals surface area contributed by atoms with E-state index in [-0.39, 0.29) is 30.9 Å². The maximum absolute atomic E-state index is 15.2. The van der Waals surface area contributed by atoms with Crippen molar-refractivity contribution in [2.24, 2.45) is 11.8 Å². The van der Waals surface area contributed by atoms with Gasteiger partial charge >= 0.3 is 0 Å². The molecule has 8 heteroatoms. The van der Waals surface area contributed by atoms with Crippen LogP contribution in [0.25, 0.3) is 0 Å².